The van der Waals surface area contributed by atoms with Gasteiger partial charge in [-0.2, -0.15) is 4.37 Å². The molecule has 33 heavy (non-hydrogen) atoms. The molecule has 176 valence electrons. The zero-order valence-corrected chi connectivity index (χ0v) is 21.1. The van der Waals surface area contributed by atoms with Gasteiger partial charge in [0.1, 0.15) is 5.02 Å². The van der Waals surface area contributed by atoms with E-state index in [0.29, 0.717) is 42.3 Å². The van der Waals surface area contributed by atoms with Crippen molar-refractivity contribution in [3.63, 3.8) is 0 Å². The molecule has 1 aliphatic rings. The highest BCUT2D eigenvalue weighted by molar-refractivity contribution is 7.03. The first-order chi connectivity index (χ1) is 15.8. The third kappa shape index (κ3) is 5.77. The van der Waals surface area contributed by atoms with Gasteiger partial charge in [-0.1, -0.05) is 61.3 Å². The van der Waals surface area contributed by atoms with Crippen molar-refractivity contribution in [1.82, 2.24) is 18.8 Å². The maximum absolute atomic E-state index is 13.0. The molecule has 0 radical (unpaired) electrons. The van der Waals surface area contributed by atoms with Crippen molar-refractivity contribution >= 4 is 34.7 Å². The summed E-state index contributed by atoms with van der Waals surface area (Å²) in [4.78, 5) is 29.3. The molecule has 2 aromatic heterocycles. The molecule has 0 spiro atoms. The van der Waals surface area contributed by atoms with Crippen molar-refractivity contribution in [3.05, 3.63) is 71.7 Å². The Balaban J connectivity index is 1.53. The summed E-state index contributed by atoms with van der Waals surface area (Å²) in [7, 11) is 0. The Hall–Kier alpha value is -1.93. The summed E-state index contributed by atoms with van der Waals surface area (Å²) < 4.78 is 5.86. The van der Waals surface area contributed by atoms with Gasteiger partial charge in [-0.15, -0.1) is 0 Å². The molecule has 0 unspecified atom stereocenters. The predicted molar refractivity (Wildman–Crippen MR) is 135 cm³/mol. The summed E-state index contributed by atoms with van der Waals surface area (Å²) in [6.45, 7) is 6.66. The average Bonchev–Trinajstić information content (AvgIpc) is 3.40. The Morgan fingerprint density at radius 2 is 1.94 bits per heavy atom. The van der Waals surface area contributed by atoms with E-state index >= 15 is 0 Å². The van der Waals surface area contributed by atoms with Crippen molar-refractivity contribution in [2.75, 3.05) is 6.54 Å². The van der Waals surface area contributed by atoms with Crippen LogP contribution < -0.4 is 10.4 Å². The fourth-order valence-corrected chi connectivity index (χ4v) is 5.57. The van der Waals surface area contributed by atoms with Crippen molar-refractivity contribution < 1.29 is 0 Å². The Labute approximate surface area is 207 Å². The number of aromatic nitrogens is 3. The largest absolute Gasteiger partial charge is 0.323 e. The van der Waals surface area contributed by atoms with E-state index < -0.39 is 0 Å². The molecule has 0 amide bonds. The zero-order chi connectivity index (χ0) is 23.5. The minimum atomic E-state index is -0.202. The van der Waals surface area contributed by atoms with Gasteiger partial charge in [-0.05, 0) is 49.8 Å². The molecule has 1 saturated heterocycles. The van der Waals surface area contributed by atoms with Crippen molar-refractivity contribution in [2.24, 2.45) is 5.92 Å². The number of hydrogen-bond donors (Lipinski definition) is 1. The van der Waals surface area contributed by atoms with Gasteiger partial charge in [-0.3, -0.25) is 19.5 Å². The predicted octanol–water partition coefficient (Wildman–Crippen LogP) is 5.22. The van der Waals surface area contributed by atoms with Gasteiger partial charge < -0.3 is 4.57 Å². The molecule has 6 nitrogen and oxygen atoms in total. The van der Waals surface area contributed by atoms with Gasteiger partial charge >= 0.3 is 4.87 Å². The number of H-pyrrole nitrogens is 1. The van der Waals surface area contributed by atoms with Crippen LogP contribution >= 0.6 is 34.7 Å². The number of hydrogen-bond acceptors (Lipinski definition) is 5. The van der Waals surface area contributed by atoms with E-state index in [2.05, 4.69) is 28.1 Å². The van der Waals surface area contributed by atoms with E-state index in [1.54, 1.807) is 10.6 Å². The number of halogens is 2. The summed E-state index contributed by atoms with van der Waals surface area (Å²) in [5.41, 5.74) is 2.56. The summed E-state index contributed by atoms with van der Waals surface area (Å²) >= 11 is 13.7. The molecule has 1 aromatic carbocycles. The second kappa shape index (κ2) is 10.6. The van der Waals surface area contributed by atoms with E-state index in [-0.39, 0.29) is 15.5 Å². The molecule has 1 atom stereocenters. The minimum absolute atomic E-state index is 0.145. The van der Waals surface area contributed by atoms with Crippen LogP contribution in [0.3, 0.4) is 0 Å². The first kappa shape index (κ1) is 24.2. The molecule has 0 bridgehead atoms. The lowest BCUT2D eigenvalue weighted by molar-refractivity contribution is 0.212. The lowest BCUT2D eigenvalue weighted by atomic mass is 10.0. The average molecular weight is 507 g/mol. The molecule has 0 aliphatic carbocycles. The van der Waals surface area contributed by atoms with Crippen LogP contribution in [0.1, 0.15) is 44.4 Å². The fraction of sp³-hybridized carbons (Fsp3) is 0.458. The SMILES string of the molecule is CC(C)C[C@H]1CCCN1Cc1c(Cl)cc(Cl)c(=O)n1CCc1ccc(-c2nsc(=O)[nH]2)cc1. The van der Waals surface area contributed by atoms with Crippen LogP contribution in [0.2, 0.25) is 10.0 Å². The van der Waals surface area contributed by atoms with Crippen LogP contribution in [0.4, 0.5) is 0 Å². The first-order valence-electron chi connectivity index (χ1n) is 11.3. The molecule has 1 aliphatic heterocycles. The molecular formula is C24H28Cl2N4O2S. The van der Waals surface area contributed by atoms with Crippen LogP contribution in [0.15, 0.2) is 39.9 Å². The monoisotopic (exact) mass is 506 g/mol. The normalized spacial score (nSPS) is 16.7. The smallest absolute Gasteiger partial charge is 0.308 e. The topological polar surface area (TPSA) is 71.0 Å². The van der Waals surface area contributed by atoms with E-state index in [1.165, 1.54) is 12.8 Å². The third-order valence-electron chi connectivity index (χ3n) is 6.19. The number of nitrogens with one attached hydrogen (secondary N) is 1. The van der Waals surface area contributed by atoms with Crippen LogP contribution in [-0.4, -0.2) is 31.4 Å². The van der Waals surface area contributed by atoms with Gasteiger partial charge in [-0.25, -0.2) is 0 Å². The van der Waals surface area contributed by atoms with E-state index in [9.17, 15) is 9.59 Å². The molecule has 4 rings (SSSR count). The number of rotatable bonds is 8. The maximum atomic E-state index is 13.0. The Morgan fingerprint density at radius 1 is 1.18 bits per heavy atom. The number of aryl methyl sites for hydroxylation is 1. The highest BCUT2D eigenvalue weighted by atomic mass is 35.5. The van der Waals surface area contributed by atoms with Gasteiger partial charge in [0.05, 0.1) is 10.7 Å². The van der Waals surface area contributed by atoms with Gasteiger partial charge in [0, 0.05) is 36.2 Å². The van der Waals surface area contributed by atoms with Gasteiger partial charge in [0.25, 0.3) is 5.56 Å². The molecule has 1 N–H and O–H groups in total. The molecule has 9 heteroatoms. The second-order valence-electron chi connectivity index (χ2n) is 9.03. The third-order valence-corrected chi connectivity index (χ3v) is 7.33. The fourth-order valence-electron chi connectivity index (χ4n) is 4.57. The van der Waals surface area contributed by atoms with E-state index in [1.807, 2.05) is 24.3 Å². The molecule has 3 aromatic rings. The molecule has 0 saturated carbocycles. The molecule has 1 fully saturated rings. The highest BCUT2D eigenvalue weighted by Crippen LogP contribution is 2.28. The summed E-state index contributed by atoms with van der Waals surface area (Å²) in [6.07, 6.45) is 4.16. The van der Waals surface area contributed by atoms with Gasteiger partial charge in [0.15, 0.2) is 5.82 Å². The Morgan fingerprint density at radius 3 is 2.61 bits per heavy atom. The zero-order valence-electron chi connectivity index (χ0n) is 18.8. The number of aromatic amines is 1. The lowest BCUT2D eigenvalue weighted by Crippen LogP contribution is -2.34. The van der Waals surface area contributed by atoms with E-state index in [4.69, 9.17) is 23.2 Å². The Bertz CT molecular complexity index is 1220. The van der Waals surface area contributed by atoms with Gasteiger partial charge in [0.2, 0.25) is 0 Å². The Kier molecular flexibility index (Phi) is 7.74. The minimum Gasteiger partial charge on any atom is -0.308 e. The van der Waals surface area contributed by atoms with E-state index in [0.717, 1.165) is 41.3 Å². The number of likely N-dealkylation sites (tertiary alicyclic amines) is 1. The number of pyridine rings is 1. The maximum Gasteiger partial charge on any atom is 0.323 e. The molecule has 3 heterocycles. The summed E-state index contributed by atoms with van der Waals surface area (Å²) in [6, 6.07) is 9.93. The van der Waals surface area contributed by atoms with Crippen molar-refractivity contribution in [1.29, 1.82) is 0 Å². The van der Waals surface area contributed by atoms with Crippen LogP contribution in [0.25, 0.3) is 11.4 Å². The molecular weight excluding hydrogens is 479 g/mol. The van der Waals surface area contributed by atoms with Crippen LogP contribution in [0, 0.1) is 5.92 Å². The number of benzene rings is 1. The lowest BCUT2D eigenvalue weighted by Gasteiger charge is -2.27. The highest BCUT2D eigenvalue weighted by Gasteiger charge is 2.27. The van der Waals surface area contributed by atoms with Crippen LogP contribution in [0.5, 0.6) is 0 Å². The quantitative estimate of drug-likeness (QED) is 0.454. The number of nitrogens with zero attached hydrogens (tertiary/aromatic N) is 3. The van der Waals surface area contributed by atoms with Crippen molar-refractivity contribution in [2.45, 2.75) is 58.7 Å². The first-order valence-corrected chi connectivity index (χ1v) is 12.8. The summed E-state index contributed by atoms with van der Waals surface area (Å²) in [5, 5.41) is 0.685. The summed E-state index contributed by atoms with van der Waals surface area (Å²) in [5.74, 6) is 1.20. The second-order valence-corrected chi connectivity index (χ2v) is 10.6. The van der Waals surface area contributed by atoms with Crippen LogP contribution in [-0.2, 0) is 19.5 Å². The standard InChI is InChI=1S/C24H28Cl2N4O2S/c1-15(2)12-18-4-3-10-29(18)14-21-19(25)13-20(26)23(31)30(21)11-9-16-5-7-17(8-6-16)22-27-24(32)33-28-22/h5-8,13,15,18H,3-4,9-12,14H2,1-2H3,(H,27,28,32)/t18-/m1/s1. The van der Waals surface area contributed by atoms with Crippen molar-refractivity contribution in [3.8, 4) is 11.4 Å².